The Morgan fingerprint density at radius 2 is 2.10 bits per heavy atom. The summed E-state index contributed by atoms with van der Waals surface area (Å²) >= 11 is 0. The third-order valence-corrected chi connectivity index (χ3v) is 3.02. The van der Waals surface area contributed by atoms with E-state index < -0.39 is 5.97 Å². The number of fused-ring (bicyclic) bond motifs is 1. The van der Waals surface area contributed by atoms with Crippen LogP contribution in [-0.2, 0) is 6.54 Å². The normalized spacial score (nSPS) is 10.8. The standard InChI is InChI=1S/C14H10N2O4/c17-12-7-15-16(11-4-2-1-3-10(11)12)8-9-5-6-20-13(9)14(18)19/h1-7H,8H2,(H,18,19). The van der Waals surface area contributed by atoms with E-state index in [0.29, 0.717) is 16.5 Å². The lowest BCUT2D eigenvalue weighted by molar-refractivity contribution is 0.0660. The molecule has 3 rings (SSSR count). The number of furan rings is 1. The zero-order valence-corrected chi connectivity index (χ0v) is 10.3. The number of hydrogen-bond acceptors (Lipinski definition) is 4. The van der Waals surface area contributed by atoms with Crippen molar-refractivity contribution in [1.82, 2.24) is 9.78 Å². The Balaban J connectivity index is 2.12. The Morgan fingerprint density at radius 3 is 2.90 bits per heavy atom. The molecule has 0 radical (unpaired) electrons. The van der Waals surface area contributed by atoms with Gasteiger partial charge in [-0.05, 0) is 18.2 Å². The van der Waals surface area contributed by atoms with Crippen molar-refractivity contribution < 1.29 is 14.3 Å². The van der Waals surface area contributed by atoms with Gasteiger partial charge >= 0.3 is 5.97 Å². The summed E-state index contributed by atoms with van der Waals surface area (Å²) in [5.41, 5.74) is 0.985. The van der Waals surface area contributed by atoms with Gasteiger partial charge in [0.25, 0.3) is 0 Å². The summed E-state index contributed by atoms with van der Waals surface area (Å²) in [4.78, 5) is 22.7. The number of carbonyl (C=O) groups is 1. The average molecular weight is 270 g/mol. The lowest BCUT2D eigenvalue weighted by Crippen LogP contribution is -2.14. The molecule has 3 aromatic rings. The molecule has 2 heterocycles. The number of aromatic nitrogens is 2. The Kier molecular flexibility index (Phi) is 2.83. The van der Waals surface area contributed by atoms with Crippen LogP contribution in [0.25, 0.3) is 10.9 Å². The minimum atomic E-state index is -1.13. The molecule has 0 atom stereocenters. The first-order valence-electron chi connectivity index (χ1n) is 5.91. The highest BCUT2D eigenvalue weighted by molar-refractivity contribution is 5.86. The van der Waals surface area contributed by atoms with Crippen LogP contribution in [0.2, 0.25) is 0 Å². The van der Waals surface area contributed by atoms with E-state index in [2.05, 4.69) is 5.10 Å². The molecule has 0 saturated carbocycles. The monoisotopic (exact) mass is 270 g/mol. The van der Waals surface area contributed by atoms with E-state index in [-0.39, 0.29) is 17.7 Å². The molecular weight excluding hydrogens is 260 g/mol. The molecule has 0 aliphatic rings. The lowest BCUT2D eigenvalue weighted by atomic mass is 10.2. The minimum Gasteiger partial charge on any atom is -0.475 e. The van der Waals surface area contributed by atoms with Crippen LogP contribution in [0.3, 0.4) is 0 Å². The van der Waals surface area contributed by atoms with Gasteiger partial charge < -0.3 is 9.52 Å². The van der Waals surface area contributed by atoms with Gasteiger partial charge in [0, 0.05) is 10.9 Å². The maximum atomic E-state index is 11.7. The van der Waals surface area contributed by atoms with Crippen LogP contribution in [-0.4, -0.2) is 20.9 Å². The molecule has 6 heteroatoms. The van der Waals surface area contributed by atoms with E-state index >= 15 is 0 Å². The van der Waals surface area contributed by atoms with Crippen molar-refractivity contribution >= 4 is 16.9 Å². The third-order valence-electron chi connectivity index (χ3n) is 3.02. The van der Waals surface area contributed by atoms with Crippen LogP contribution in [0.15, 0.2) is 52.0 Å². The van der Waals surface area contributed by atoms with E-state index in [9.17, 15) is 9.59 Å². The molecular formula is C14H10N2O4. The van der Waals surface area contributed by atoms with Crippen molar-refractivity contribution in [3.63, 3.8) is 0 Å². The number of rotatable bonds is 3. The SMILES string of the molecule is O=C(O)c1occc1Cn1ncc(=O)c2ccccc21. The highest BCUT2D eigenvalue weighted by Gasteiger charge is 2.15. The summed E-state index contributed by atoms with van der Waals surface area (Å²) < 4.78 is 6.51. The molecule has 0 amide bonds. The van der Waals surface area contributed by atoms with Crippen molar-refractivity contribution in [3.8, 4) is 0 Å². The van der Waals surface area contributed by atoms with Crippen LogP contribution < -0.4 is 5.43 Å². The van der Waals surface area contributed by atoms with E-state index in [1.54, 1.807) is 35.0 Å². The van der Waals surface area contributed by atoms with Crippen molar-refractivity contribution in [2.75, 3.05) is 0 Å². The summed E-state index contributed by atoms with van der Waals surface area (Å²) in [5.74, 6) is -1.25. The molecule has 0 aliphatic heterocycles. The molecule has 0 unspecified atom stereocenters. The van der Waals surface area contributed by atoms with Crippen LogP contribution in [0.5, 0.6) is 0 Å². The van der Waals surface area contributed by atoms with Gasteiger partial charge in [0.1, 0.15) is 0 Å². The van der Waals surface area contributed by atoms with E-state index in [0.717, 1.165) is 0 Å². The van der Waals surface area contributed by atoms with E-state index in [1.807, 2.05) is 0 Å². The van der Waals surface area contributed by atoms with Gasteiger partial charge in [-0.25, -0.2) is 4.79 Å². The van der Waals surface area contributed by atoms with Gasteiger partial charge in [0.15, 0.2) is 0 Å². The quantitative estimate of drug-likeness (QED) is 0.783. The highest BCUT2D eigenvalue weighted by Crippen LogP contribution is 2.15. The zero-order chi connectivity index (χ0) is 14.1. The second kappa shape index (κ2) is 4.65. The minimum absolute atomic E-state index is 0.116. The fourth-order valence-electron chi connectivity index (χ4n) is 2.10. The smallest absolute Gasteiger partial charge is 0.372 e. The number of carboxylic acid groups (broad SMARTS) is 1. The Hall–Kier alpha value is -2.89. The fraction of sp³-hybridized carbons (Fsp3) is 0.0714. The molecule has 0 saturated heterocycles. The zero-order valence-electron chi connectivity index (χ0n) is 10.3. The van der Waals surface area contributed by atoms with Gasteiger partial charge in [-0.15, -0.1) is 0 Å². The molecule has 100 valence electrons. The number of para-hydroxylation sites is 1. The lowest BCUT2D eigenvalue weighted by Gasteiger charge is -2.08. The summed E-state index contributed by atoms with van der Waals surface area (Å²) in [5, 5.41) is 13.6. The van der Waals surface area contributed by atoms with Crippen molar-refractivity contribution in [2.24, 2.45) is 0 Å². The number of hydrogen-bond donors (Lipinski definition) is 1. The van der Waals surface area contributed by atoms with Crippen molar-refractivity contribution in [3.05, 3.63) is 64.3 Å². The number of benzene rings is 1. The highest BCUT2D eigenvalue weighted by atomic mass is 16.4. The first-order chi connectivity index (χ1) is 9.66. The summed E-state index contributed by atoms with van der Waals surface area (Å²) in [6, 6.07) is 8.63. The largest absolute Gasteiger partial charge is 0.475 e. The molecule has 20 heavy (non-hydrogen) atoms. The second-order valence-electron chi connectivity index (χ2n) is 4.26. The van der Waals surface area contributed by atoms with Gasteiger partial charge in [-0.1, -0.05) is 12.1 Å². The molecule has 0 bridgehead atoms. The van der Waals surface area contributed by atoms with Gasteiger partial charge in [0.2, 0.25) is 11.2 Å². The fourth-order valence-corrected chi connectivity index (χ4v) is 2.10. The predicted octanol–water partition coefficient (Wildman–Crippen LogP) is 1.74. The van der Waals surface area contributed by atoms with Gasteiger partial charge in [-0.3, -0.25) is 9.48 Å². The molecule has 2 aromatic heterocycles. The molecule has 1 aromatic carbocycles. The van der Waals surface area contributed by atoms with Crippen molar-refractivity contribution in [1.29, 1.82) is 0 Å². The predicted molar refractivity (Wildman–Crippen MR) is 70.8 cm³/mol. The first kappa shape index (κ1) is 12.2. The van der Waals surface area contributed by atoms with Gasteiger partial charge in [-0.2, -0.15) is 5.10 Å². The maximum absolute atomic E-state index is 11.7. The number of aromatic carboxylic acids is 1. The van der Waals surface area contributed by atoms with Crippen molar-refractivity contribution in [2.45, 2.75) is 6.54 Å². The number of nitrogens with zero attached hydrogens (tertiary/aromatic N) is 2. The van der Waals surface area contributed by atoms with Crippen LogP contribution in [0, 0.1) is 0 Å². The number of carboxylic acids is 1. The summed E-state index contributed by atoms with van der Waals surface area (Å²) in [7, 11) is 0. The molecule has 0 aliphatic carbocycles. The second-order valence-corrected chi connectivity index (χ2v) is 4.26. The van der Waals surface area contributed by atoms with E-state index in [1.165, 1.54) is 12.5 Å². The molecule has 1 N–H and O–H groups in total. The Bertz CT molecular complexity index is 848. The topological polar surface area (TPSA) is 85.3 Å². The average Bonchev–Trinajstić information content (AvgIpc) is 2.91. The van der Waals surface area contributed by atoms with E-state index in [4.69, 9.17) is 9.52 Å². The molecule has 6 nitrogen and oxygen atoms in total. The Labute approximate surface area is 112 Å². The third kappa shape index (κ3) is 1.97. The summed E-state index contributed by atoms with van der Waals surface area (Å²) in [6.45, 7) is 0.221. The first-order valence-corrected chi connectivity index (χ1v) is 5.91. The molecule has 0 spiro atoms. The molecule has 0 fully saturated rings. The maximum Gasteiger partial charge on any atom is 0.372 e. The Morgan fingerprint density at radius 1 is 1.30 bits per heavy atom. The van der Waals surface area contributed by atoms with Gasteiger partial charge in [0.05, 0.1) is 24.5 Å². The van der Waals surface area contributed by atoms with Crippen LogP contribution in [0.4, 0.5) is 0 Å². The summed E-state index contributed by atoms with van der Waals surface area (Å²) in [6.07, 6.45) is 2.55. The van der Waals surface area contributed by atoms with Crippen LogP contribution >= 0.6 is 0 Å². The van der Waals surface area contributed by atoms with Crippen LogP contribution in [0.1, 0.15) is 16.1 Å².